The van der Waals surface area contributed by atoms with E-state index in [2.05, 4.69) is 22.4 Å². The molecule has 3 N–H and O–H groups in total. The van der Waals surface area contributed by atoms with Crippen LogP contribution in [0.25, 0.3) is 0 Å². The Kier molecular flexibility index (Phi) is 3.99. The van der Waals surface area contributed by atoms with Crippen molar-refractivity contribution in [2.45, 2.75) is 19.9 Å². The van der Waals surface area contributed by atoms with E-state index in [0.717, 1.165) is 17.8 Å². The lowest BCUT2D eigenvalue weighted by Crippen LogP contribution is -2.00. The molecule has 0 saturated heterocycles. The topological polar surface area (TPSA) is 60.9 Å². The third-order valence-electron chi connectivity index (χ3n) is 2.56. The molecule has 0 spiro atoms. The maximum Gasteiger partial charge on any atom is 0.140 e. The highest BCUT2D eigenvalue weighted by Gasteiger charge is 2.07. The lowest BCUT2D eigenvalue weighted by atomic mass is 10.2. The van der Waals surface area contributed by atoms with Crippen molar-refractivity contribution < 1.29 is 5.11 Å². The Morgan fingerprint density at radius 3 is 2.67 bits per heavy atom. The van der Waals surface area contributed by atoms with Crippen molar-refractivity contribution in [3.05, 3.63) is 39.6 Å². The molecule has 0 aliphatic carbocycles. The van der Waals surface area contributed by atoms with Gasteiger partial charge in [-0.05, 0) is 18.6 Å². The molecule has 2 aromatic rings. The van der Waals surface area contributed by atoms with E-state index in [-0.39, 0.29) is 5.75 Å². The fourth-order valence-electron chi connectivity index (χ4n) is 1.54. The Hall–Kier alpha value is -1.39. The number of benzene rings is 1. The number of nitrogens with zero attached hydrogens (tertiary/aromatic N) is 1. The molecule has 6 heteroatoms. The number of aromatic amines is 1. The number of phenols is 1. The summed E-state index contributed by atoms with van der Waals surface area (Å²) in [6, 6.07) is 4.97. The van der Waals surface area contributed by atoms with Crippen LogP contribution in [0.5, 0.6) is 5.75 Å². The van der Waals surface area contributed by atoms with E-state index >= 15 is 0 Å². The van der Waals surface area contributed by atoms with Crippen LogP contribution >= 0.6 is 23.2 Å². The second-order valence-electron chi connectivity index (χ2n) is 3.88. The van der Waals surface area contributed by atoms with Gasteiger partial charge < -0.3 is 10.4 Å². The maximum absolute atomic E-state index is 9.71. The molecule has 0 amide bonds. The second kappa shape index (κ2) is 5.50. The van der Waals surface area contributed by atoms with Gasteiger partial charge in [-0.15, -0.1) is 0 Å². The molecule has 1 aromatic heterocycles. The quantitative estimate of drug-likeness (QED) is 0.753. The molecular formula is C12H13Cl2N3O. The largest absolute Gasteiger partial charge is 0.506 e. The average Bonchev–Trinajstić information content (AvgIpc) is 2.80. The van der Waals surface area contributed by atoms with Gasteiger partial charge in [-0.1, -0.05) is 30.1 Å². The number of halogens is 2. The molecule has 0 radical (unpaired) electrons. The van der Waals surface area contributed by atoms with E-state index in [1.807, 2.05) is 6.07 Å². The van der Waals surface area contributed by atoms with Crippen molar-refractivity contribution in [3.63, 3.8) is 0 Å². The minimum absolute atomic E-state index is 0.0654. The molecule has 96 valence electrons. The van der Waals surface area contributed by atoms with Crippen LogP contribution in [0.1, 0.15) is 18.3 Å². The summed E-state index contributed by atoms with van der Waals surface area (Å²) in [6.45, 7) is 2.55. The van der Waals surface area contributed by atoms with Crippen LogP contribution < -0.4 is 5.32 Å². The van der Waals surface area contributed by atoms with Crippen molar-refractivity contribution in [2.24, 2.45) is 0 Å². The zero-order valence-electron chi connectivity index (χ0n) is 9.80. The number of aromatic nitrogens is 2. The van der Waals surface area contributed by atoms with Gasteiger partial charge in [0.1, 0.15) is 5.75 Å². The Labute approximate surface area is 115 Å². The molecule has 0 unspecified atom stereocenters. The summed E-state index contributed by atoms with van der Waals surface area (Å²) in [5, 5.41) is 20.6. The highest BCUT2D eigenvalue weighted by Crippen LogP contribution is 2.33. The van der Waals surface area contributed by atoms with E-state index < -0.39 is 0 Å². The Morgan fingerprint density at radius 1 is 1.28 bits per heavy atom. The average molecular weight is 286 g/mol. The monoisotopic (exact) mass is 285 g/mol. The number of anilines is 1. The molecular weight excluding hydrogens is 273 g/mol. The second-order valence-corrected chi connectivity index (χ2v) is 4.69. The summed E-state index contributed by atoms with van der Waals surface area (Å²) in [7, 11) is 0. The minimum atomic E-state index is 0.0654. The van der Waals surface area contributed by atoms with Gasteiger partial charge in [0, 0.05) is 11.8 Å². The smallest absolute Gasteiger partial charge is 0.140 e. The molecule has 1 aromatic carbocycles. The predicted molar refractivity (Wildman–Crippen MR) is 73.4 cm³/mol. The summed E-state index contributed by atoms with van der Waals surface area (Å²) in [5.41, 5.74) is 2.48. The first-order valence-electron chi connectivity index (χ1n) is 5.55. The highest BCUT2D eigenvalue weighted by molar-refractivity contribution is 6.42. The number of nitrogens with one attached hydrogen (secondary N) is 2. The molecule has 0 aliphatic rings. The normalized spacial score (nSPS) is 10.6. The fourth-order valence-corrected chi connectivity index (χ4v) is 1.87. The molecule has 2 rings (SSSR count). The van der Waals surface area contributed by atoms with Crippen LogP contribution in [0.3, 0.4) is 0 Å². The molecule has 0 fully saturated rings. The molecule has 0 bridgehead atoms. The SMILES string of the molecule is CCc1cc(CNc2cc(Cl)c(Cl)cc2O)n[nH]1. The summed E-state index contributed by atoms with van der Waals surface area (Å²) in [4.78, 5) is 0. The van der Waals surface area contributed by atoms with Crippen molar-refractivity contribution in [2.75, 3.05) is 5.32 Å². The van der Waals surface area contributed by atoms with E-state index in [4.69, 9.17) is 23.2 Å². The van der Waals surface area contributed by atoms with Crippen LogP contribution in [0.15, 0.2) is 18.2 Å². The summed E-state index contributed by atoms with van der Waals surface area (Å²) in [5.74, 6) is 0.0654. The van der Waals surface area contributed by atoms with Crippen molar-refractivity contribution in [1.82, 2.24) is 10.2 Å². The third-order valence-corrected chi connectivity index (χ3v) is 3.29. The predicted octanol–water partition coefficient (Wildman–Crippen LogP) is 3.60. The van der Waals surface area contributed by atoms with E-state index in [9.17, 15) is 5.11 Å². The molecule has 0 saturated carbocycles. The van der Waals surface area contributed by atoms with Gasteiger partial charge in [0.25, 0.3) is 0 Å². The number of rotatable bonds is 4. The van der Waals surface area contributed by atoms with Crippen molar-refractivity contribution in [1.29, 1.82) is 0 Å². The third kappa shape index (κ3) is 2.89. The molecule has 1 heterocycles. The van der Waals surface area contributed by atoms with Gasteiger partial charge in [-0.2, -0.15) is 5.10 Å². The highest BCUT2D eigenvalue weighted by atomic mass is 35.5. The number of aryl methyl sites for hydroxylation is 1. The molecule has 4 nitrogen and oxygen atoms in total. The van der Waals surface area contributed by atoms with E-state index in [1.54, 1.807) is 6.07 Å². The first-order chi connectivity index (χ1) is 8.60. The number of phenolic OH excluding ortho intramolecular Hbond substituents is 1. The number of H-pyrrole nitrogens is 1. The zero-order chi connectivity index (χ0) is 13.1. The molecule has 0 atom stereocenters. The molecule has 0 aliphatic heterocycles. The maximum atomic E-state index is 9.71. The van der Waals surface area contributed by atoms with Gasteiger partial charge in [-0.25, -0.2) is 0 Å². The van der Waals surface area contributed by atoms with Crippen LogP contribution in [0, 0.1) is 0 Å². The summed E-state index contributed by atoms with van der Waals surface area (Å²) in [6.07, 6.45) is 0.908. The van der Waals surface area contributed by atoms with Crippen LogP contribution in [-0.2, 0) is 13.0 Å². The van der Waals surface area contributed by atoms with Gasteiger partial charge in [0.15, 0.2) is 0 Å². The van der Waals surface area contributed by atoms with Gasteiger partial charge in [0.05, 0.1) is 28.0 Å². The summed E-state index contributed by atoms with van der Waals surface area (Å²) < 4.78 is 0. The minimum Gasteiger partial charge on any atom is -0.506 e. The fraction of sp³-hybridized carbons (Fsp3) is 0.250. The Bertz CT molecular complexity index is 554. The first-order valence-corrected chi connectivity index (χ1v) is 6.30. The van der Waals surface area contributed by atoms with Gasteiger partial charge in [0.2, 0.25) is 0 Å². The first kappa shape index (κ1) is 13.1. The van der Waals surface area contributed by atoms with E-state index in [0.29, 0.717) is 22.3 Å². The van der Waals surface area contributed by atoms with Gasteiger partial charge >= 0.3 is 0 Å². The zero-order valence-corrected chi connectivity index (χ0v) is 11.3. The Balaban J connectivity index is 2.08. The molecule has 18 heavy (non-hydrogen) atoms. The van der Waals surface area contributed by atoms with Crippen LogP contribution in [0.2, 0.25) is 10.0 Å². The van der Waals surface area contributed by atoms with Crippen molar-refractivity contribution in [3.8, 4) is 5.75 Å². The lowest BCUT2D eigenvalue weighted by molar-refractivity contribution is 0.477. The van der Waals surface area contributed by atoms with Crippen LogP contribution in [-0.4, -0.2) is 15.3 Å². The van der Waals surface area contributed by atoms with Crippen molar-refractivity contribution >= 4 is 28.9 Å². The summed E-state index contributed by atoms with van der Waals surface area (Å²) >= 11 is 11.7. The number of hydrogen-bond acceptors (Lipinski definition) is 3. The van der Waals surface area contributed by atoms with Gasteiger partial charge in [-0.3, -0.25) is 5.10 Å². The number of aromatic hydroxyl groups is 1. The number of hydrogen-bond donors (Lipinski definition) is 3. The van der Waals surface area contributed by atoms with Crippen LogP contribution in [0.4, 0.5) is 5.69 Å². The Morgan fingerprint density at radius 2 is 2.00 bits per heavy atom. The standard InChI is InChI=1S/C12H13Cl2N3O/c1-2-7-3-8(17-16-7)6-15-11-4-9(13)10(14)5-12(11)18/h3-5,15,18H,2,6H2,1H3,(H,16,17). The van der Waals surface area contributed by atoms with E-state index in [1.165, 1.54) is 6.07 Å². The lowest BCUT2D eigenvalue weighted by Gasteiger charge is -2.08.